The molecule has 0 saturated carbocycles. The lowest BCUT2D eigenvalue weighted by Gasteiger charge is -2.31. The molecule has 1 saturated heterocycles. The van der Waals surface area contributed by atoms with Crippen LogP contribution in [0.5, 0.6) is 11.5 Å². The molecule has 1 aromatic carbocycles. The summed E-state index contributed by atoms with van der Waals surface area (Å²) in [4.78, 5) is 14.5. The molecule has 1 fully saturated rings. The van der Waals surface area contributed by atoms with Gasteiger partial charge in [0.15, 0.2) is 11.5 Å². The maximum atomic E-state index is 12.7. The predicted molar refractivity (Wildman–Crippen MR) is 98.4 cm³/mol. The van der Waals surface area contributed by atoms with Crippen molar-refractivity contribution in [2.45, 2.75) is 45.6 Å². The molecule has 136 valence electrons. The van der Waals surface area contributed by atoms with E-state index in [1.54, 1.807) is 6.07 Å². The van der Waals surface area contributed by atoms with Gasteiger partial charge >= 0.3 is 0 Å². The van der Waals surface area contributed by atoms with Crippen molar-refractivity contribution in [1.29, 1.82) is 0 Å². The summed E-state index contributed by atoms with van der Waals surface area (Å²) in [6.45, 7) is 6.75. The van der Waals surface area contributed by atoms with Crippen LogP contribution in [0.2, 0.25) is 0 Å². The van der Waals surface area contributed by atoms with Crippen LogP contribution in [0.1, 0.15) is 49.9 Å². The van der Waals surface area contributed by atoms with Gasteiger partial charge in [0, 0.05) is 24.7 Å². The molecule has 6 heteroatoms. The van der Waals surface area contributed by atoms with Gasteiger partial charge in [-0.2, -0.15) is 0 Å². The van der Waals surface area contributed by atoms with E-state index >= 15 is 0 Å². The second-order valence-corrected chi connectivity index (χ2v) is 6.01. The number of benzene rings is 1. The van der Waals surface area contributed by atoms with E-state index in [9.17, 15) is 4.79 Å². The highest BCUT2D eigenvalue weighted by Crippen LogP contribution is 2.29. The number of likely N-dealkylation sites (tertiary alicyclic amines) is 1. The van der Waals surface area contributed by atoms with E-state index in [2.05, 4.69) is 13.8 Å². The average Bonchev–Trinajstić information content (AvgIpc) is 2.57. The first kappa shape index (κ1) is 20.6. The first-order valence-electron chi connectivity index (χ1n) is 8.60. The van der Waals surface area contributed by atoms with Gasteiger partial charge in [-0.15, -0.1) is 12.4 Å². The van der Waals surface area contributed by atoms with Crippen molar-refractivity contribution in [2.24, 2.45) is 5.73 Å². The fourth-order valence-corrected chi connectivity index (χ4v) is 2.67. The first-order valence-corrected chi connectivity index (χ1v) is 8.60. The topological polar surface area (TPSA) is 64.8 Å². The molecule has 5 nitrogen and oxygen atoms in total. The Morgan fingerprint density at radius 2 is 1.88 bits per heavy atom. The third kappa shape index (κ3) is 5.56. The lowest BCUT2D eigenvalue weighted by atomic mass is 10.1. The molecule has 1 heterocycles. The number of nitrogens with zero attached hydrogens (tertiary/aromatic N) is 1. The molecule has 0 spiro atoms. The molecule has 2 rings (SSSR count). The van der Waals surface area contributed by atoms with Crippen LogP contribution in [0.3, 0.4) is 0 Å². The summed E-state index contributed by atoms with van der Waals surface area (Å²) >= 11 is 0. The van der Waals surface area contributed by atoms with Crippen molar-refractivity contribution >= 4 is 18.3 Å². The molecule has 2 N–H and O–H groups in total. The van der Waals surface area contributed by atoms with Crippen molar-refractivity contribution < 1.29 is 14.3 Å². The molecule has 1 unspecified atom stereocenters. The lowest BCUT2D eigenvalue weighted by molar-refractivity contribution is 0.0708. The van der Waals surface area contributed by atoms with Crippen molar-refractivity contribution in [3.8, 4) is 11.5 Å². The Morgan fingerprint density at radius 3 is 2.50 bits per heavy atom. The third-order valence-electron chi connectivity index (χ3n) is 3.86. The quantitative estimate of drug-likeness (QED) is 0.814. The average molecular weight is 357 g/mol. The van der Waals surface area contributed by atoms with Gasteiger partial charge in [0.25, 0.3) is 5.91 Å². The van der Waals surface area contributed by atoms with Crippen LogP contribution in [0, 0.1) is 0 Å². The summed E-state index contributed by atoms with van der Waals surface area (Å²) < 4.78 is 11.5. The van der Waals surface area contributed by atoms with Crippen LogP contribution in [0.15, 0.2) is 18.2 Å². The number of piperidine rings is 1. The Balaban J connectivity index is 0.00000288. The molecule has 1 amide bonds. The second kappa shape index (κ2) is 10.4. The molecule has 0 bridgehead atoms. The van der Waals surface area contributed by atoms with Crippen molar-refractivity contribution in [1.82, 2.24) is 4.90 Å². The molecule has 1 aliphatic heterocycles. The van der Waals surface area contributed by atoms with E-state index in [0.29, 0.717) is 36.8 Å². The van der Waals surface area contributed by atoms with Gasteiger partial charge in [-0.25, -0.2) is 0 Å². The lowest BCUT2D eigenvalue weighted by Crippen LogP contribution is -2.45. The normalized spacial score (nSPS) is 17.1. The summed E-state index contributed by atoms with van der Waals surface area (Å²) in [6.07, 6.45) is 3.79. The number of hydrogen-bond donors (Lipinski definition) is 1. The molecule has 1 aromatic rings. The van der Waals surface area contributed by atoms with Crippen molar-refractivity contribution in [3.05, 3.63) is 23.8 Å². The number of carbonyl (C=O) groups excluding carboxylic acids is 1. The summed E-state index contributed by atoms with van der Waals surface area (Å²) in [6, 6.07) is 5.52. The largest absolute Gasteiger partial charge is 0.490 e. The fraction of sp³-hybridized carbons (Fsp3) is 0.611. The van der Waals surface area contributed by atoms with Crippen LogP contribution >= 0.6 is 12.4 Å². The van der Waals surface area contributed by atoms with Crippen LogP contribution in [-0.2, 0) is 0 Å². The molecule has 0 radical (unpaired) electrons. The van der Waals surface area contributed by atoms with Gasteiger partial charge in [0.1, 0.15) is 0 Å². The molecule has 0 aliphatic carbocycles. The van der Waals surface area contributed by atoms with Crippen LogP contribution < -0.4 is 15.2 Å². The maximum Gasteiger partial charge on any atom is 0.254 e. The van der Waals surface area contributed by atoms with Gasteiger partial charge < -0.3 is 20.1 Å². The third-order valence-corrected chi connectivity index (χ3v) is 3.86. The monoisotopic (exact) mass is 356 g/mol. The number of amides is 1. The van der Waals surface area contributed by atoms with Crippen LogP contribution in [0.4, 0.5) is 0 Å². The number of hydrogen-bond acceptors (Lipinski definition) is 4. The minimum atomic E-state index is 0. The number of halogens is 1. The van der Waals surface area contributed by atoms with Gasteiger partial charge in [-0.3, -0.25) is 4.79 Å². The van der Waals surface area contributed by atoms with E-state index in [1.807, 2.05) is 17.0 Å². The summed E-state index contributed by atoms with van der Waals surface area (Å²) in [5.41, 5.74) is 6.61. The Morgan fingerprint density at radius 1 is 1.21 bits per heavy atom. The van der Waals surface area contributed by atoms with E-state index < -0.39 is 0 Å². The molecule has 0 aromatic heterocycles. The molecule has 1 aliphatic rings. The van der Waals surface area contributed by atoms with E-state index in [-0.39, 0.29) is 24.4 Å². The zero-order chi connectivity index (χ0) is 16.7. The SMILES string of the molecule is CCCOc1ccc(C(=O)N2CCCC(N)C2)cc1OCCC.Cl. The summed E-state index contributed by atoms with van der Waals surface area (Å²) in [5, 5.41) is 0. The zero-order valence-corrected chi connectivity index (χ0v) is 15.4. The van der Waals surface area contributed by atoms with E-state index in [0.717, 1.165) is 32.2 Å². The highest BCUT2D eigenvalue weighted by molar-refractivity contribution is 5.95. The van der Waals surface area contributed by atoms with Crippen LogP contribution in [-0.4, -0.2) is 43.2 Å². The van der Waals surface area contributed by atoms with Gasteiger partial charge in [0.05, 0.1) is 13.2 Å². The summed E-state index contributed by atoms with van der Waals surface area (Å²) in [5.74, 6) is 1.36. The Kier molecular flexibility index (Phi) is 8.93. The number of rotatable bonds is 7. The number of nitrogens with two attached hydrogens (primary N) is 1. The predicted octanol–water partition coefficient (Wildman–Crippen LogP) is 3.25. The van der Waals surface area contributed by atoms with E-state index in [4.69, 9.17) is 15.2 Å². The second-order valence-electron chi connectivity index (χ2n) is 6.01. The maximum absolute atomic E-state index is 12.7. The number of carbonyl (C=O) groups is 1. The highest BCUT2D eigenvalue weighted by atomic mass is 35.5. The van der Waals surface area contributed by atoms with Crippen LogP contribution in [0.25, 0.3) is 0 Å². The molecule has 1 atom stereocenters. The van der Waals surface area contributed by atoms with Crippen molar-refractivity contribution in [3.63, 3.8) is 0 Å². The minimum absolute atomic E-state index is 0. The Labute approximate surface area is 150 Å². The smallest absolute Gasteiger partial charge is 0.254 e. The first-order chi connectivity index (χ1) is 11.2. The van der Waals surface area contributed by atoms with Crippen molar-refractivity contribution in [2.75, 3.05) is 26.3 Å². The molecular formula is C18H29ClN2O3. The zero-order valence-electron chi connectivity index (χ0n) is 14.6. The molecule has 24 heavy (non-hydrogen) atoms. The fourth-order valence-electron chi connectivity index (χ4n) is 2.67. The Bertz CT molecular complexity index is 525. The minimum Gasteiger partial charge on any atom is -0.490 e. The van der Waals surface area contributed by atoms with Gasteiger partial charge in [-0.1, -0.05) is 13.8 Å². The number of ether oxygens (including phenoxy) is 2. The van der Waals surface area contributed by atoms with Gasteiger partial charge in [-0.05, 0) is 43.9 Å². The van der Waals surface area contributed by atoms with Gasteiger partial charge in [0.2, 0.25) is 0 Å². The summed E-state index contributed by atoms with van der Waals surface area (Å²) in [7, 11) is 0. The van der Waals surface area contributed by atoms with E-state index in [1.165, 1.54) is 0 Å². The molecular weight excluding hydrogens is 328 g/mol. The standard InChI is InChI=1S/C18H28N2O3.ClH/c1-3-10-22-16-8-7-14(12-17(16)23-11-4-2)18(21)20-9-5-6-15(19)13-20;/h7-8,12,15H,3-6,9-11,13,19H2,1-2H3;1H. The Hall–Kier alpha value is -1.46. The highest BCUT2D eigenvalue weighted by Gasteiger charge is 2.23.